The van der Waals surface area contributed by atoms with Gasteiger partial charge in [-0.2, -0.15) is 0 Å². The van der Waals surface area contributed by atoms with Crippen molar-refractivity contribution in [1.29, 1.82) is 0 Å². The maximum absolute atomic E-state index is 10.3. The molecule has 13 heavy (non-hydrogen) atoms. The Morgan fingerprint density at radius 3 is 2.46 bits per heavy atom. The first-order valence-electron chi connectivity index (χ1n) is 4.61. The minimum Gasteiger partial charge on any atom is -0.450 e. The van der Waals surface area contributed by atoms with E-state index in [1.54, 1.807) is 0 Å². The second kappa shape index (κ2) is 6.71. The summed E-state index contributed by atoms with van der Waals surface area (Å²) < 4.78 is 9.68. The van der Waals surface area contributed by atoms with Crippen LogP contribution in [0, 0.1) is 5.92 Å². The molecule has 0 spiro atoms. The van der Waals surface area contributed by atoms with Crippen molar-refractivity contribution >= 4 is 6.16 Å². The Hall–Kier alpha value is -0.770. The first-order chi connectivity index (χ1) is 6.10. The van der Waals surface area contributed by atoms with Gasteiger partial charge in [0.05, 0.1) is 0 Å². The molecule has 2 atom stereocenters. The lowest BCUT2D eigenvalue weighted by Gasteiger charge is -2.18. The highest BCUT2D eigenvalue weighted by Gasteiger charge is 2.16. The SMILES string of the molecule is CCOC(CC(C)CC)OC(=O)O. The number of ether oxygens (including phenoxy) is 2. The van der Waals surface area contributed by atoms with E-state index in [0.717, 1.165) is 6.42 Å². The highest BCUT2D eigenvalue weighted by atomic mass is 16.8. The van der Waals surface area contributed by atoms with Gasteiger partial charge in [0, 0.05) is 13.0 Å². The summed E-state index contributed by atoms with van der Waals surface area (Å²) in [6.07, 6.45) is -0.275. The molecule has 4 heteroatoms. The van der Waals surface area contributed by atoms with E-state index in [9.17, 15) is 4.79 Å². The minimum absolute atomic E-state index is 0.413. The molecule has 0 saturated carbocycles. The zero-order valence-electron chi connectivity index (χ0n) is 8.45. The van der Waals surface area contributed by atoms with Crippen molar-refractivity contribution in [3.8, 4) is 0 Å². The maximum atomic E-state index is 10.3. The number of carbonyl (C=O) groups is 1. The molecule has 0 bridgehead atoms. The van der Waals surface area contributed by atoms with Gasteiger partial charge >= 0.3 is 6.16 Å². The summed E-state index contributed by atoms with van der Waals surface area (Å²) in [6.45, 7) is 6.37. The molecule has 0 aliphatic rings. The summed E-state index contributed by atoms with van der Waals surface area (Å²) >= 11 is 0. The van der Waals surface area contributed by atoms with Crippen molar-refractivity contribution in [3.05, 3.63) is 0 Å². The largest absolute Gasteiger partial charge is 0.508 e. The number of rotatable bonds is 6. The van der Waals surface area contributed by atoms with Gasteiger partial charge in [0.2, 0.25) is 6.29 Å². The molecule has 0 aromatic rings. The zero-order chi connectivity index (χ0) is 10.3. The summed E-state index contributed by atoms with van der Waals surface area (Å²) in [4.78, 5) is 10.3. The highest BCUT2D eigenvalue weighted by Crippen LogP contribution is 2.13. The topological polar surface area (TPSA) is 55.8 Å². The molecule has 0 aromatic heterocycles. The Morgan fingerprint density at radius 1 is 1.46 bits per heavy atom. The number of carboxylic acid groups (broad SMARTS) is 1. The average molecular weight is 190 g/mol. The fourth-order valence-corrected chi connectivity index (χ4v) is 0.944. The third-order valence-corrected chi connectivity index (χ3v) is 1.88. The van der Waals surface area contributed by atoms with Crippen LogP contribution in [0.4, 0.5) is 4.79 Å². The summed E-state index contributed by atoms with van der Waals surface area (Å²) in [5.74, 6) is 0.413. The molecule has 78 valence electrons. The van der Waals surface area contributed by atoms with Crippen molar-refractivity contribution in [2.45, 2.75) is 39.9 Å². The van der Waals surface area contributed by atoms with Gasteiger partial charge in [-0.3, -0.25) is 0 Å². The molecule has 2 unspecified atom stereocenters. The molecule has 0 amide bonds. The second-order valence-corrected chi connectivity index (χ2v) is 3.02. The van der Waals surface area contributed by atoms with Crippen molar-refractivity contribution in [3.63, 3.8) is 0 Å². The monoisotopic (exact) mass is 190 g/mol. The number of hydrogen-bond acceptors (Lipinski definition) is 3. The van der Waals surface area contributed by atoms with Crippen molar-refractivity contribution in [2.24, 2.45) is 5.92 Å². The van der Waals surface area contributed by atoms with Crippen LogP contribution in [0.25, 0.3) is 0 Å². The van der Waals surface area contributed by atoms with Crippen molar-refractivity contribution in [1.82, 2.24) is 0 Å². The summed E-state index contributed by atoms with van der Waals surface area (Å²) in [7, 11) is 0. The smallest absolute Gasteiger partial charge is 0.450 e. The first-order valence-corrected chi connectivity index (χ1v) is 4.61. The molecule has 0 rings (SSSR count). The third kappa shape index (κ3) is 6.40. The molecule has 0 heterocycles. The van der Waals surface area contributed by atoms with Crippen LogP contribution in [0.1, 0.15) is 33.6 Å². The van der Waals surface area contributed by atoms with Crippen LogP contribution in [0.15, 0.2) is 0 Å². The second-order valence-electron chi connectivity index (χ2n) is 3.02. The molecular formula is C9H18O4. The molecule has 0 aliphatic heterocycles. The fourth-order valence-electron chi connectivity index (χ4n) is 0.944. The summed E-state index contributed by atoms with van der Waals surface area (Å²) in [6, 6.07) is 0. The van der Waals surface area contributed by atoms with E-state index >= 15 is 0 Å². The predicted octanol–water partition coefficient (Wildman–Crippen LogP) is 2.48. The van der Waals surface area contributed by atoms with E-state index in [1.807, 2.05) is 13.8 Å². The zero-order valence-corrected chi connectivity index (χ0v) is 8.45. The lowest BCUT2D eigenvalue weighted by Crippen LogP contribution is -2.22. The van der Waals surface area contributed by atoms with Gasteiger partial charge in [0.15, 0.2) is 0 Å². The van der Waals surface area contributed by atoms with Gasteiger partial charge in [0.25, 0.3) is 0 Å². The summed E-state index contributed by atoms with van der Waals surface area (Å²) in [5, 5.41) is 8.39. The lowest BCUT2D eigenvalue weighted by atomic mass is 10.1. The van der Waals surface area contributed by atoms with Crippen molar-refractivity contribution < 1.29 is 19.4 Å². The molecule has 0 aliphatic carbocycles. The average Bonchev–Trinajstić information content (AvgIpc) is 2.03. The van der Waals surface area contributed by atoms with Gasteiger partial charge in [-0.05, 0) is 12.8 Å². The van der Waals surface area contributed by atoms with Gasteiger partial charge in [0.1, 0.15) is 0 Å². The lowest BCUT2D eigenvalue weighted by molar-refractivity contribution is -0.122. The number of hydrogen-bond donors (Lipinski definition) is 1. The Kier molecular flexibility index (Phi) is 6.32. The standard InChI is InChI=1S/C9H18O4/c1-4-7(3)6-8(12-5-2)13-9(10)11/h7-8H,4-6H2,1-3H3,(H,10,11). The van der Waals surface area contributed by atoms with Crippen LogP contribution in [-0.4, -0.2) is 24.2 Å². The van der Waals surface area contributed by atoms with E-state index in [4.69, 9.17) is 9.84 Å². The molecular weight excluding hydrogens is 172 g/mol. The van der Waals surface area contributed by atoms with Crippen LogP contribution in [0.5, 0.6) is 0 Å². The molecule has 0 radical (unpaired) electrons. The Morgan fingerprint density at radius 2 is 2.08 bits per heavy atom. The van der Waals surface area contributed by atoms with Crippen molar-refractivity contribution in [2.75, 3.05) is 6.61 Å². The molecule has 0 saturated heterocycles. The van der Waals surface area contributed by atoms with Gasteiger partial charge in [-0.15, -0.1) is 0 Å². The Balaban J connectivity index is 3.85. The fraction of sp³-hybridized carbons (Fsp3) is 0.889. The Bertz CT molecular complexity index is 147. The van der Waals surface area contributed by atoms with Crippen LogP contribution >= 0.6 is 0 Å². The van der Waals surface area contributed by atoms with Crippen LogP contribution in [0.2, 0.25) is 0 Å². The Labute approximate surface area is 78.8 Å². The quantitative estimate of drug-likeness (QED) is 0.516. The first kappa shape index (κ1) is 12.2. The van der Waals surface area contributed by atoms with Crippen LogP contribution in [-0.2, 0) is 9.47 Å². The van der Waals surface area contributed by atoms with E-state index in [1.165, 1.54) is 0 Å². The maximum Gasteiger partial charge on any atom is 0.508 e. The van der Waals surface area contributed by atoms with E-state index in [0.29, 0.717) is 18.9 Å². The molecule has 4 nitrogen and oxygen atoms in total. The molecule has 0 aromatic carbocycles. The highest BCUT2D eigenvalue weighted by molar-refractivity contribution is 5.56. The molecule has 0 fully saturated rings. The van der Waals surface area contributed by atoms with Gasteiger partial charge < -0.3 is 14.6 Å². The van der Waals surface area contributed by atoms with Crippen LogP contribution in [0.3, 0.4) is 0 Å². The van der Waals surface area contributed by atoms with Crippen LogP contribution < -0.4 is 0 Å². The summed E-state index contributed by atoms with van der Waals surface area (Å²) in [5.41, 5.74) is 0. The van der Waals surface area contributed by atoms with E-state index < -0.39 is 12.4 Å². The van der Waals surface area contributed by atoms with E-state index in [-0.39, 0.29) is 0 Å². The normalized spacial score (nSPS) is 15.0. The molecule has 1 N–H and O–H groups in total. The van der Waals surface area contributed by atoms with Gasteiger partial charge in [-0.1, -0.05) is 20.3 Å². The minimum atomic E-state index is -1.28. The predicted molar refractivity (Wildman–Crippen MR) is 48.6 cm³/mol. The van der Waals surface area contributed by atoms with Gasteiger partial charge in [-0.25, -0.2) is 4.79 Å². The van der Waals surface area contributed by atoms with E-state index in [2.05, 4.69) is 11.7 Å². The third-order valence-electron chi connectivity index (χ3n) is 1.88.